The van der Waals surface area contributed by atoms with Crippen molar-refractivity contribution in [2.45, 2.75) is 32.5 Å². The van der Waals surface area contributed by atoms with Crippen LogP contribution in [0.15, 0.2) is 23.0 Å². The van der Waals surface area contributed by atoms with Crippen LogP contribution >= 0.6 is 11.3 Å². The third-order valence-electron chi connectivity index (χ3n) is 2.63. The predicted octanol–water partition coefficient (Wildman–Crippen LogP) is 0.546. The predicted molar refractivity (Wildman–Crippen MR) is 73.5 cm³/mol. The second-order valence-corrected chi connectivity index (χ2v) is 5.20. The van der Waals surface area contributed by atoms with Gasteiger partial charge in [0.2, 0.25) is 5.91 Å². The van der Waals surface area contributed by atoms with Crippen LogP contribution in [0.3, 0.4) is 0 Å². The van der Waals surface area contributed by atoms with Crippen molar-refractivity contribution in [2.75, 3.05) is 0 Å². The first-order chi connectivity index (χ1) is 9.17. The average molecular weight is 279 g/mol. The summed E-state index contributed by atoms with van der Waals surface area (Å²) >= 11 is 1.66. The van der Waals surface area contributed by atoms with Crippen molar-refractivity contribution in [3.05, 3.63) is 34.3 Å². The van der Waals surface area contributed by atoms with Crippen LogP contribution < -0.4 is 11.1 Å². The Morgan fingerprint density at radius 1 is 1.63 bits per heavy atom. The third kappa shape index (κ3) is 4.15. The van der Waals surface area contributed by atoms with Crippen molar-refractivity contribution in [1.82, 2.24) is 20.3 Å². The molecule has 2 heterocycles. The number of thiophene rings is 1. The van der Waals surface area contributed by atoms with E-state index in [-0.39, 0.29) is 18.5 Å². The number of rotatable bonds is 6. The summed E-state index contributed by atoms with van der Waals surface area (Å²) in [6.07, 6.45) is 2.52. The minimum atomic E-state index is -0.0730. The van der Waals surface area contributed by atoms with Crippen LogP contribution in [-0.2, 0) is 24.3 Å². The molecule has 0 spiro atoms. The smallest absolute Gasteiger partial charge is 0.242 e. The zero-order valence-electron chi connectivity index (χ0n) is 10.7. The fourth-order valence-corrected chi connectivity index (χ4v) is 2.47. The van der Waals surface area contributed by atoms with Crippen molar-refractivity contribution in [2.24, 2.45) is 5.73 Å². The first-order valence-corrected chi connectivity index (χ1v) is 7.01. The Morgan fingerprint density at radius 2 is 2.47 bits per heavy atom. The molecule has 3 N–H and O–H groups in total. The Morgan fingerprint density at radius 3 is 3.11 bits per heavy atom. The first-order valence-electron chi connectivity index (χ1n) is 6.07. The molecule has 7 heteroatoms. The summed E-state index contributed by atoms with van der Waals surface area (Å²) in [7, 11) is 0. The van der Waals surface area contributed by atoms with Crippen LogP contribution in [0.5, 0.6) is 0 Å². The molecule has 0 aliphatic rings. The van der Waals surface area contributed by atoms with E-state index < -0.39 is 0 Å². The van der Waals surface area contributed by atoms with E-state index in [1.807, 2.05) is 12.3 Å². The van der Waals surface area contributed by atoms with Crippen molar-refractivity contribution < 1.29 is 4.79 Å². The Balaban J connectivity index is 1.80. The maximum atomic E-state index is 11.8. The minimum absolute atomic E-state index is 0.0730. The van der Waals surface area contributed by atoms with Crippen LogP contribution in [0.4, 0.5) is 0 Å². The highest BCUT2D eigenvalue weighted by Gasteiger charge is 2.10. The quantitative estimate of drug-likeness (QED) is 0.808. The second kappa shape index (κ2) is 6.44. The van der Waals surface area contributed by atoms with Crippen molar-refractivity contribution in [3.8, 4) is 0 Å². The van der Waals surface area contributed by atoms with E-state index in [0.717, 1.165) is 6.42 Å². The van der Waals surface area contributed by atoms with E-state index in [9.17, 15) is 4.79 Å². The Bertz CT molecular complexity index is 522. The highest BCUT2D eigenvalue weighted by atomic mass is 32.1. The molecule has 2 rings (SSSR count). The van der Waals surface area contributed by atoms with Gasteiger partial charge in [-0.1, -0.05) is 5.21 Å². The van der Waals surface area contributed by atoms with Crippen molar-refractivity contribution in [3.63, 3.8) is 0 Å². The number of hydrogen-bond donors (Lipinski definition) is 2. The third-order valence-corrected chi connectivity index (χ3v) is 3.36. The van der Waals surface area contributed by atoms with Gasteiger partial charge in [-0.05, 0) is 35.7 Å². The summed E-state index contributed by atoms with van der Waals surface area (Å²) in [4.78, 5) is 11.8. The van der Waals surface area contributed by atoms with Crippen LogP contribution in [0, 0.1) is 0 Å². The number of hydrogen-bond acceptors (Lipinski definition) is 5. The van der Waals surface area contributed by atoms with Gasteiger partial charge in [-0.2, -0.15) is 11.3 Å². The van der Waals surface area contributed by atoms with Gasteiger partial charge in [0, 0.05) is 12.6 Å². The van der Waals surface area contributed by atoms with Gasteiger partial charge in [-0.3, -0.25) is 4.79 Å². The zero-order valence-corrected chi connectivity index (χ0v) is 11.6. The molecule has 0 fully saturated rings. The molecular weight excluding hydrogens is 262 g/mol. The molecule has 1 amide bonds. The number of aromatic nitrogens is 3. The van der Waals surface area contributed by atoms with Crippen LogP contribution in [0.2, 0.25) is 0 Å². The molecule has 0 aromatic carbocycles. The first kappa shape index (κ1) is 13.7. The zero-order chi connectivity index (χ0) is 13.7. The molecule has 102 valence electrons. The van der Waals surface area contributed by atoms with Crippen molar-refractivity contribution in [1.29, 1.82) is 0 Å². The van der Waals surface area contributed by atoms with Gasteiger partial charge in [0.05, 0.1) is 11.9 Å². The van der Waals surface area contributed by atoms with Crippen LogP contribution in [0.1, 0.15) is 18.2 Å². The Labute approximate surface area is 115 Å². The molecule has 1 unspecified atom stereocenters. The van der Waals surface area contributed by atoms with Crippen LogP contribution in [0.25, 0.3) is 0 Å². The lowest BCUT2D eigenvalue weighted by atomic mass is 10.1. The van der Waals surface area contributed by atoms with Gasteiger partial charge in [0.1, 0.15) is 6.54 Å². The topological polar surface area (TPSA) is 85.8 Å². The summed E-state index contributed by atoms with van der Waals surface area (Å²) in [5, 5.41) is 14.7. The molecule has 19 heavy (non-hydrogen) atoms. The summed E-state index contributed by atoms with van der Waals surface area (Å²) in [5.74, 6) is -0.0730. The molecule has 1 atom stereocenters. The highest BCUT2D eigenvalue weighted by molar-refractivity contribution is 7.07. The monoisotopic (exact) mass is 279 g/mol. The van der Waals surface area contributed by atoms with Gasteiger partial charge in [-0.15, -0.1) is 5.10 Å². The highest BCUT2D eigenvalue weighted by Crippen LogP contribution is 2.08. The number of amides is 1. The molecule has 2 aromatic heterocycles. The van der Waals surface area contributed by atoms with E-state index >= 15 is 0 Å². The summed E-state index contributed by atoms with van der Waals surface area (Å²) in [6, 6.07) is 2.16. The average Bonchev–Trinajstić information content (AvgIpc) is 3.00. The number of carbonyl (C=O) groups excluding carboxylic acids is 1. The lowest BCUT2D eigenvalue weighted by Crippen LogP contribution is -2.36. The van der Waals surface area contributed by atoms with Gasteiger partial charge in [0.25, 0.3) is 0 Å². The second-order valence-electron chi connectivity index (χ2n) is 4.42. The van der Waals surface area contributed by atoms with Gasteiger partial charge < -0.3 is 11.1 Å². The van der Waals surface area contributed by atoms with E-state index in [4.69, 9.17) is 5.73 Å². The maximum absolute atomic E-state index is 11.8. The molecule has 0 radical (unpaired) electrons. The molecule has 2 aromatic rings. The normalized spacial score (nSPS) is 12.3. The van der Waals surface area contributed by atoms with E-state index in [0.29, 0.717) is 12.2 Å². The molecule has 6 nitrogen and oxygen atoms in total. The van der Waals surface area contributed by atoms with Crippen LogP contribution in [-0.4, -0.2) is 26.9 Å². The Hall–Kier alpha value is -1.73. The van der Waals surface area contributed by atoms with E-state index in [1.165, 1.54) is 10.2 Å². The lowest BCUT2D eigenvalue weighted by molar-refractivity contribution is -0.122. The number of nitrogens with one attached hydrogen (secondary N) is 1. The van der Waals surface area contributed by atoms with Gasteiger partial charge in [0.15, 0.2) is 0 Å². The molecule has 0 saturated heterocycles. The molecule has 0 bridgehead atoms. The summed E-state index contributed by atoms with van der Waals surface area (Å²) < 4.78 is 1.49. The fraction of sp³-hybridized carbons (Fsp3) is 0.417. The fourth-order valence-electron chi connectivity index (χ4n) is 1.79. The molecular formula is C12H17N5OS. The summed E-state index contributed by atoms with van der Waals surface area (Å²) in [5.41, 5.74) is 7.35. The minimum Gasteiger partial charge on any atom is -0.352 e. The van der Waals surface area contributed by atoms with Gasteiger partial charge >= 0.3 is 0 Å². The van der Waals surface area contributed by atoms with E-state index in [1.54, 1.807) is 17.5 Å². The number of nitrogens with two attached hydrogens (primary N) is 1. The Kier molecular flexibility index (Phi) is 4.64. The lowest BCUT2D eigenvalue weighted by Gasteiger charge is -2.12. The largest absolute Gasteiger partial charge is 0.352 e. The SMILES string of the molecule is CC(Cc1ccsc1)NC(=O)Cn1cc(CN)nn1. The van der Waals surface area contributed by atoms with E-state index in [2.05, 4.69) is 27.1 Å². The number of nitrogens with zero attached hydrogens (tertiary/aromatic N) is 3. The molecule has 0 aliphatic carbocycles. The summed E-state index contributed by atoms with van der Waals surface area (Å²) in [6.45, 7) is 2.49. The maximum Gasteiger partial charge on any atom is 0.242 e. The molecule has 0 saturated carbocycles. The van der Waals surface area contributed by atoms with Gasteiger partial charge in [-0.25, -0.2) is 4.68 Å². The number of carbonyl (C=O) groups is 1. The standard InChI is InChI=1S/C12H17N5OS/c1-9(4-10-2-3-19-8-10)14-12(18)7-17-6-11(5-13)15-16-17/h2-3,6,8-9H,4-5,7,13H2,1H3,(H,14,18). The van der Waals surface area contributed by atoms with Crippen molar-refractivity contribution >= 4 is 17.2 Å². The molecule has 0 aliphatic heterocycles.